The fourth-order valence-corrected chi connectivity index (χ4v) is 5.75. The van der Waals surface area contributed by atoms with Gasteiger partial charge < -0.3 is 9.30 Å². The first-order valence-electron chi connectivity index (χ1n) is 11.8. The van der Waals surface area contributed by atoms with Gasteiger partial charge in [-0.1, -0.05) is 17.7 Å². The second-order valence-electron chi connectivity index (χ2n) is 9.22. The molecule has 5 rings (SSSR count). The van der Waals surface area contributed by atoms with Gasteiger partial charge in [0.25, 0.3) is 21.3 Å². The Morgan fingerprint density at radius 1 is 0.925 bits per heavy atom. The number of nitro groups is 1. The topological polar surface area (TPSA) is 113 Å². The van der Waals surface area contributed by atoms with Crippen molar-refractivity contribution in [3.8, 4) is 22.6 Å². The van der Waals surface area contributed by atoms with E-state index in [0.29, 0.717) is 6.07 Å². The molecule has 3 aromatic carbocycles. The van der Waals surface area contributed by atoms with Crippen LogP contribution >= 0.6 is 0 Å². The van der Waals surface area contributed by atoms with E-state index in [9.17, 15) is 32.1 Å². The lowest BCUT2D eigenvalue weighted by molar-refractivity contribution is -0.385. The van der Waals surface area contributed by atoms with Crippen molar-refractivity contribution < 1.29 is 26.9 Å². The van der Waals surface area contributed by atoms with Gasteiger partial charge in [0.15, 0.2) is 11.6 Å². The maximum absolute atomic E-state index is 14.5. The van der Waals surface area contributed by atoms with E-state index in [-0.39, 0.29) is 49.7 Å². The Bertz CT molecular complexity index is 2000. The maximum atomic E-state index is 14.5. The molecule has 2 aromatic heterocycles. The largest absolute Gasteiger partial charge is 0.454 e. The number of ether oxygens (including phenoxy) is 1. The van der Waals surface area contributed by atoms with Crippen LogP contribution in [0, 0.1) is 35.6 Å². The van der Waals surface area contributed by atoms with Crippen LogP contribution < -0.4 is 10.3 Å². The third-order valence-electron chi connectivity index (χ3n) is 6.46. The highest BCUT2D eigenvalue weighted by Crippen LogP contribution is 2.41. The van der Waals surface area contributed by atoms with Crippen LogP contribution in [-0.4, -0.2) is 21.9 Å². The zero-order valence-electron chi connectivity index (χ0n) is 21.4. The van der Waals surface area contributed by atoms with Gasteiger partial charge in [-0.15, -0.1) is 0 Å². The highest BCUT2D eigenvalue weighted by Gasteiger charge is 2.26. The number of pyridine rings is 1. The third kappa shape index (κ3) is 4.51. The summed E-state index contributed by atoms with van der Waals surface area (Å²) in [6.07, 6.45) is 2.61. The van der Waals surface area contributed by atoms with Gasteiger partial charge in [0, 0.05) is 53.7 Å². The average molecular weight is 566 g/mol. The van der Waals surface area contributed by atoms with E-state index in [0.717, 1.165) is 26.2 Å². The first-order chi connectivity index (χ1) is 18.9. The summed E-state index contributed by atoms with van der Waals surface area (Å²) in [5, 5.41) is 12.0. The van der Waals surface area contributed by atoms with Gasteiger partial charge in [0.2, 0.25) is 0 Å². The molecule has 0 bridgehead atoms. The lowest BCUT2D eigenvalue weighted by atomic mass is 10.00. The van der Waals surface area contributed by atoms with Gasteiger partial charge >= 0.3 is 0 Å². The molecule has 0 saturated carbocycles. The van der Waals surface area contributed by atoms with Crippen molar-refractivity contribution in [3.63, 3.8) is 0 Å². The number of aromatic nitrogens is 2. The molecular formula is C28H21F2N3O6S. The van der Waals surface area contributed by atoms with Gasteiger partial charge in [-0.2, -0.15) is 0 Å². The van der Waals surface area contributed by atoms with Crippen molar-refractivity contribution in [2.75, 3.05) is 0 Å². The van der Waals surface area contributed by atoms with Crippen molar-refractivity contribution in [2.24, 2.45) is 7.05 Å². The van der Waals surface area contributed by atoms with E-state index >= 15 is 0 Å². The zero-order chi connectivity index (χ0) is 28.9. The second-order valence-corrected chi connectivity index (χ2v) is 11.0. The van der Waals surface area contributed by atoms with Crippen LogP contribution in [0.15, 0.2) is 82.7 Å². The minimum atomic E-state index is -4.20. The van der Waals surface area contributed by atoms with E-state index in [1.165, 1.54) is 56.7 Å². The molecule has 0 atom stereocenters. The number of hydrogen-bond donors (Lipinski definition) is 0. The van der Waals surface area contributed by atoms with Crippen LogP contribution in [0.2, 0.25) is 0 Å². The molecule has 204 valence electrons. The summed E-state index contributed by atoms with van der Waals surface area (Å²) in [4.78, 5) is 24.4. The average Bonchev–Trinajstić information content (AvgIpc) is 3.35. The van der Waals surface area contributed by atoms with Crippen LogP contribution in [-0.2, 0) is 17.1 Å². The Morgan fingerprint density at radius 2 is 1.62 bits per heavy atom. The fraction of sp³-hybridized carbons (Fsp3) is 0.107. The molecule has 0 aliphatic heterocycles. The van der Waals surface area contributed by atoms with E-state index in [4.69, 9.17) is 4.74 Å². The van der Waals surface area contributed by atoms with Crippen molar-refractivity contribution in [1.29, 1.82) is 0 Å². The Hall–Kier alpha value is -4.84. The Kier molecular flexibility index (Phi) is 6.50. The third-order valence-corrected chi connectivity index (χ3v) is 8.15. The summed E-state index contributed by atoms with van der Waals surface area (Å²) in [7, 11) is -2.79. The molecule has 5 aromatic rings. The molecule has 12 heteroatoms. The molecule has 0 radical (unpaired) electrons. The van der Waals surface area contributed by atoms with Gasteiger partial charge in [-0.25, -0.2) is 21.2 Å². The molecular weight excluding hydrogens is 544 g/mol. The number of hydrogen-bond acceptors (Lipinski definition) is 6. The standard InChI is InChI=1S/C28H21F2N3O6S/c1-16-4-7-19(8-5-16)40(37,38)32-11-10-20-22(15-31(3)28(34)27(20)32)21-14-24(33(35)36)17(2)12-26(21)39-25-9-6-18(29)13-23(25)30/h4-15H,1-3H3. The lowest BCUT2D eigenvalue weighted by Gasteiger charge is -2.15. The lowest BCUT2D eigenvalue weighted by Crippen LogP contribution is -2.22. The molecule has 0 fully saturated rings. The van der Waals surface area contributed by atoms with Gasteiger partial charge in [-0.05, 0) is 50.2 Å². The number of rotatable bonds is 6. The molecule has 0 aliphatic carbocycles. The van der Waals surface area contributed by atoms with Crippen LogP contribution in [0.1, 0.15) is 11.1 Å². The molecule has 0 N–H and O–H groups in total. The number of halogens is 2. The zero-order valence-corrected chi connectivity index (χ0v) is 22.2. The minimum absolute atomic E-state index is 0.0253. The summed E-state index contributed by atoms with van der Waals surface area (Å²) >= 11 is 0. The van der Waals surface area contributed by atoms with Crippen LogP contribution in [0.25, 0.3) is 22.0 Å². The SMILES string of the molecule is Cc1ccc(S(=O)(=O)n2ccc3c(-c4cc([N+](=O)[O-])c(C)cc4Oc4ccc(F)cc4F)cn(C)c(=O)c32)cc1. The summed E-state index contributed by atoms with van der Waals surface area (Å²) in [5.41, 5.74) is 0.251. The number of fused-ring (bicyclic) bond motifs is 1. The summed E-state index contributed by atoms with van der Waals surface area (Å²) in [5.74, 6) is -2.18. The van der Waals surface area contributed by atoms with E-state index in [1.54, 1.807) is 12.1 Å². The van der Waals surface area contributed by atoms with Crippen LogP contribution in [0.4, 0.5) is 14.5 Å². The van der Waals surface area contributed by atoms with Gasteiger partial charge in [0.05, 0.1) is 9.82 Å². The van der Waals surface area contributed by atoms with Gasteiger partial charge in [0.1, 0.15) is 17.1 Å². The molecule has 0 spiro atoms. The molecule has 2 heterocycles. The summed E-state index contributed by atoms with van der Waals surface area (Å²) in [6.45, 7) is 3.28. The van der Waals surface area contributed by atoms with Crippen molar-refractivity contribution in [2.45, 2.75) is 18.7 Å². The van der Waals surface area contributed by atoms with Crippen molar-refractivity contribution >= 4 is 26.6 Å². The molecule has 0 unspecified atom stereocenters. The quantitative estimate of drug-likeness (QED) is 0.189. The molecule has 40 heavy (non-hydrogen) atoms. The van der Waals surface area contributed by atoms with Crippen LogP contribution in [0.5, 0.6) is 11.5 Å². The maximum Gasteiger partial charge on any atom is 0.275 e. The molecule has 0 amide bonds. The molecule has 9 nitrogen and oxygen atoms in total. The summed E-state index contributed by atoms with van der Waals surface area (Å²) < 4.78 is 62.8. The highest BCUT2D eigenvalue weighted by molar-refractivity contribution is 7.90. The number of aryl methyl sites for hydroxylation is 3. The monoisotopic (exact) mass is 565 g/mol. The predicted molar refractivity (Wildman–Crippen MR) is 144 cm³/mol. The first kappa shape index (κ1) is 26.8. The Morgan fingerprint density at radius 3 is 2.27 bits per heavy atom. The minimum Gasteiger partial charge on any atom is -0.454 e. The normalized spacial score (nSPS) is 11.6. The van der Waals surface area contributed by atoms with Crippen molar-refractivity contribution in [3.05, 3.63) is 116 Å². The van der Waals surface area contributed by atoms with Crippen molar-refractivity contribution in [1.82, 2.24) is 8.54 Å². The first-order valence-corrected chi connectivity index (χ1v) is 13.3. The molecule has 0 saturated heterocycles. The number of benzene rings is 3. The second kappa shape index (κ2) is 9.72. The predicted octanol–water partition coefficient (Wildman–Crippen LogP) is 5.84. The van der Waals surface area contributed by atoms with Crippen LogP contribution in [0.3, 0.4) is 0 Å². The van der Waals surface area contributed by atoms with E-state index in [2.05, 4.69) is 0 Å². The summed E-state index contributed by atoms with van der Waals surface area (Å²) in [6, 6.07) is 12.8. The fourth-order valence-electron chi connectivity index (χ4n) is 4.41. The highest BCUT2D eigenvalue weighted by atomic mass is 32.2. The Labute approximate surface area is 226 Å². The smallest absolute Gasteiger partial charge is 0.275 e. The van der Waals surface area contributed by atoms with Gasteiger partial charge in [-0.3, -0.25) is 14.9 Å². The number of nitro benzene ring substituents is 1. The molecule has 0 aliphatic rings. The number of nitrogens with zero attached hydrogens (tertiary/aromatic N) is 3. The Balaban J connectivity index is 1.79. The van der Waals surface area contributed by atoms with E-state index in [1.807, 2.05) is 6.92 Å². The van der Waals surface area contributed by atoms with E-state index < -0.39 is 32.1 Å².